The van der Waals surface area contributed by atoms with Gasteiger partial charge >= 0.3 is 5.97 Å². The topological polar surface area (TPSA) is 71.4 Å². The third-order valence-electron chi connectivity index (χ3n) is 2.38. The van der Waals surface area contributed by atoms with Crippen LogP contribution in [0.4, 0.5) is 0 Å². The van der Waals surface area contributed by atoms with Crippen LogP contribution in [0.15, 0.2) is 29.2 Å². The van der Waals surface area contributed by atoms with E-state index in [0.717, 1.165) is 12.1 Å². The summed E-state index contributed by atoms with van der Waals surface area (Å²) in [5, 5.41) is 8.74. The molecule has 0 aromatic heterocycles. The minimum atomic E-state index is -3.67. The Bertz CT molecular complexity index is 635. The highest BCUT2D eigenvalue weighted by atomic mass is 35.5. The molecule has 0 heterocycles. The number of carbonyl (C=O) groups is 1. The van der Waals surface area contributed by atoms with Gasteiger partial charge in [-0.25, -0.2) is 13.2 Å². The van der Waals surface area contributed by atoms with E-state index >= 15 is 0 Å². The zero-order chi connectivity index (χ0) is 14.8. The van der Waals surface area contributed by atoms with Gasteiger partial charge in [0.05, 0.1) is 26.3 Å². The van der Waals surface area contributed by atoms with Crippen molar-refractivity contribution in [1.29, 1.82) is 0 Å². The average Bonchev–Trinajstić information content (AvgIpc) is 2.25. The SMILES string of the molecule is C=C(C)CCS(=O)(=O)c1cc(C(=O)O)c(Cl)cc1Cl. The largest absolute Gasteiger partial charge is 0.478 e. The minimum Gasteiger partial charge on any atom is -0.478 e. The third kappa shape index (κ3) is 3.96. The lowest BCUT2D eigenvalue weighted by Gasteiger charge is -2.09. The second-order valence-electron chi connectivity index (χ2n) is 4.09. The maximum absolute atomic E-state index is 12.1. The van der Waals surface area contributed by atoms with E-state index in [0.29, 0.717) is 5.57 Å². The second-order valence-corrected chi connectivity index (χ2v) is 6.99. The first kappa shape index (κ1) is 16.0. The Kier molecular flexibility index (Phi) is 5.01. The lowest BCUT2D eigenvalue weighted by molar-refractivity contribution is 0.0697. The van der Waals surface area contributed by atoms with E-state index in [9.17, 15) is 13.2 Å². The van der Waals surface area contributed by atoms with Gasteiger partial charge in [0.2, 0.25) is 0 Å². The second kappa shape index (κ2) is 5.94. The van der Waals surface area contributed by atoms with Crippen molar-refractivity contribution in [3.63, 3.8) is 0 Å². The van der Waals surface area contributed by atoms with E-state index < -0.39 is 15.8 Å². The number of carboxylic acid groups (broad SMARTS) is 1. The van der Waals surface area contributed by atoms with Gasteiger partial charge in [0.1, 0.15) is 0 Å². The predicted molar refractivity (Wildman–Crippen MR) is 74.9 cm³/mol. The molecule has 0 spiro atoms. The molecule has 0 amide bonds. The Balaban J connectivity index is 3.30. The van der Waals surface area contributed by atoms with E-state index in [-0.39, 0.29) is 32.7 Å². The molecule has 0 atom stereocenters. The monoisotopic (exact) mass is 322 g/mol. The highest BCUT2D eigenvalue weighted by molar-refractivity contribution is 7.91. The molecular weight excluding hydrogens is 311 g/mol. The van der Waals surface area contributed by atoms with Gasteiger partial charge in [0.15, 0.2) is 9.84 Å². The first-order valence-corrected chi connectivity index (χ1v) is 7.65. The number of hydrogen-bond donors (Lipinski definition) is 1. The normalized spacial score (nSPS) is 11.3. The van der Waals surface area contributed by atoms with Gasteiger partial charge in [-0.15, -0.1) is 6.58 Å². The minimum absolute atomic E-state index is 0.0864. The van der Waals surface area contributed by atoms with Crippen LogP contribution in [0.3, 0.4) is 0 Å². The standard InChI is InChI=1S/C12H12Cl2O4S/c1-7(2)3-4-19(17,18)11-5-8(12(15)16)9(13)6-10(11)14/h5-6H,1,3-4H2,2H3,(H,15,16). The van der Waals surface area contributed by atoms with Crippen LogP contribution in [-0.2, 0) is 9.84 Å². The average molecular weight is 323 g/mol. The van der Waals surface area contributed by atoms with Crippen LogP contribution in [0, 0.1) is 0 Å². The first-order valence-electron chi connectivity index (χ1n) is 5.24. The van der Waals surface area contributed by atoms with E-state index in [1.54, 1.807) is 6.92 Å². The Morgan fingerprint density at radius 3 is 2.37 bits per heavy atom. The number of halogens is 2. The van der Waals surface area contributed by atoms with Gasteiger partial charge < -0.3 is 5.11 Å². The van der Waals surface area contributed by atoms with Crippen LogP contribution < -0.4 is 0 Å². The summed E-state index contributed by atoms with van der Waals surface area (Å²) >= 11 is 11.5. The van der Waals surface area contributed by atoms with Crippen molar-refractivity contribution in [3.8, 4) is 0 Å². The molecule has 4 nitrogen and oxygen atoms in total. The molecule has 0 bridgehead atoms. The molecule has 0 radical (unpaired) electrons. The lowest BCUT2D eigenvalue weighted by Crippen LogP contribution is -2.10. The quantitative estimate of drug-likeness (QED) is 0.843. The van der Waals surface area contributed by atoms with Crippen molar-refractivity contribution in [3.05, 3.63) is 39.9 Å². The van der Waals surface area contributed by atoms with Crippen molar-refractivity contribution in [2.24, 2.45) is 0 Å². The van der Waals surface area contributed by atoms with E-state index in [2.05, 4.69) is 6.58 Å². The van der Waals surface area contributed by atoms with E-state index in [4.69, 9.17) is 28.3 Å². The fraction of sp³-hybridized carbons (Fsp3) is 0.250. The smallest absolute Gasteiger partial charge is 0.337 e. The molecule has 1 aromatic rings. The zero-order valence-corrected chi connectivity index (χ0v) is 12.4. The fourth-order valence-electron chi connectivity index (χ4n) is 1.35. The van der Waals surface area contributed by atoms with Gasteiger partial charge in [-0.05, 0) is 25.5 Å². The highest BCUT2D eigenvalue weighted by Crippen LogP contribution is 2.30. The predicted octanol–water partition coefficient (Wildman–Crippen LogP) is 3.43. The Hall–Kier alpha value is -1.04. The van der Waals surface area contributed by atoms with Gasteiger partial charge in [-0.1, -0.05) is 28.8 Å². The van der Waals surface area contributed by atoms with Crippen LogP contribution in [-0.4, -0.2) is 25.2 Å². The molecule has 19 heavy (non-hydrogen) atoms. The van der Waals surface area contributed by atoms with Crippen molar-refractivity contribution in [1.82, 2.24) is 0 Å². The Labute approximate surface area is 121 Å². The summed E-state index contributed by atoms with van der Waals surface area (Å²) in [6, 6.07) is 2.11. The maximum Gasteiger partial charge on any atom is 0.337 e. The molecule has 1 aromatic carbocycles. The van der Waals surface area contributed by atoms with Crippen molar-refractivity contribution >= 4 is 39.0 Å². The van der Waals surface area contributed by atoms with Crippen molar-refractivity contribution in [2.75, 3.05) is 5.75 Å². The molecular formula is C12H12Cl2O4S. The molecule has 0 saturated carbocycles. The van der Waals surface area contributed by atoms with Crippen LogP contribution >= 0.6 is 23.2 Å². The van der Waals surface area contributed by atoms with Gasteiger partial charge in [0, 0.05) is 0 Å². The number of rotatable bonds is 5. The molecule has 104 valence electrons. The van der Waals surface area contributed by atoms with Crippen molar-refractivity contribution < 1.29 is 18.3 Å². The molecule has 7 heteroatoms. The highest BCUT2D eigenvalue weighted by Gasteiger charge is 2.22. The van der Waals surface area contributed by atoms with Gasteiger partial charge in [0.25, 0.3) is 0 Å². The molecule has 0 aliphatic heterocycles. The Morgan fingerprint density at radius 2 is 1.89 bits per heavy atom. The number of benzene rings is 1. The van der Waals surface area contributed by atoms with E-state index in [1.165, 1.54) is 0 Å². The summed E-state index contributed by atoms with van der Waals surface area (Å²) in [7, 11) is -3.67. The van der Waals surface area contributed by atoms with Crippen LogP contribution in [0.25, 0.3) is 0 Å². The lowest BCUT2D eigenvalue weighted by atomic mass is 10.2. The summed E-state index contributed by atoms with van der Waals surface area (Å²) in [6.45, 7) is 5.33. The van der Waals surface area contributed by atoms with Crippen LogP contribution in [0.5, 0.6) is 0 Å². The first-order chi connectivity index (χ1) is 8.65. The molecule has 0 fully saturated rings. The molecule has 0 aliphatic carbocycles. The van der Waals surface area contributed by atoms with Crippen molar-refractivity contribution in [2.45, 2.75) is 18.2 Å². The van der Waals surface area contributed by atoms with E-state index in [1.807, 2.05) is 0 Å². The number of aromatic carboxylic acids is 1. The number of allylic oxidation sites excluding steroid dienone is 1. The fourth-order valence-corrected chi connectivity index (χ4v) is 3.66. The third-order valence-corrected chi connectivity index (χ3v) is 4.87. The molecule has 1 N–H and O–H groups in total. The van der Waals surface area contributed by atoms with Crippen LogP contribution in [0.2, 0.25) is 10.0 Å². The number of sulfone groups is 1. The van der Waals surface area contributed by atoms with Gasteiger partial charge in [-0.2, -0.15) is 0 Å². The zero-order valence-electron chi connectivity index (χ0n) is 10.1. The molecule has 0 aliphatic rings. The Morgan fingerprint density at radius 1 is 1.32 bits per heavy atom. The van der Waals surface area contributed by atoms with Gasteiger partial charge in [-0.3, -0.25) is 0 Å². The summed E-state index contributed by atoms with van der Waals surface area (Å²) in [4.78, 5) is 10.7. The molecule has 1 rings (SSSR count). The summed E-state index contributed by atoms with van der Waals surface area (Å²) in [6.07, 6.45) is 0.281. The molecule has 0 unspecified atom stereocenters. The number of carboxylic acids is 1. The number of hydrogen-bond acceptors (Lipinski definition) is 3. The maximum atomic E-state index is 12.1. The summed E-state index contributed by atoms with van der Waals surface area (Å²) in [5.74, 6) is -1.49. The summed E-state index contributed by atoms with van der Waals surface area (Å²) in [5.41, 5.74) is 0.423. The summed E-state index contributed by atoms with van der Waals surface area (Å²) < 4.78 is 24.2. The molecule has 0 saturated heterocycles. The van der Waals surface area contributed by atoms with Crippen LogP contribution in [0.1, 0.15) is 23.7 Å².